The van der Waals surface area contributed by atoms with Crippen molar-refractivity contribution in [3.63, 3.8) is 0 Å². The van der Waals surface area contributed by atoms with E-state index in [0.29, 0.717) is 42.8 Å². The average molecular weight is 408 g/mol. The highest BCUT2D eigenvalue weighted by Crippen LogP contribution is 2.31. The van der Waals surface area contributed by atoms with E-state index in [-0.39, 0.29) is 5.91 Å². The zero-order valence-corrected chi connectivity index (χ0v) is 17.1. The van der Waals surface area contributed by atoms with Crippen LogP contribution in [-0.2, 0) is 6.54 Å². The Kier molecular flexibility index (Phi) is 5.94. The van der Waals surface area contributed by atoms with Crippen molar-refractivity contribution in [1.29, 1.82) is 0 Å². The number of ether oxygens (including phenoxy) is 2. The molecule has 0 bridgehead atoms. The van der Waals surface area contributed by atoms with E-state index in [1.807, 2.05) is 47.4 Å². The van der Waals surface area contributed by atoms with E-state index in [2.05, 4.69) is 15.0 Å². The van der Waals surface area contributed by atoms with Gasteiger partial charge in [-0.2, -0.15) is 4.98 Å². The molecule has 0 aliphatic carbocycles. The summed E-state index contributed by atoms with van der Waals surface area (Å²) in [5.41, 5.74) is 1.47. The van der Waals surface area contributed by atoms with E-state index in [4.69, 9.17) is 14.0 Å². The van der Waals surface area contributed by atoms with Gasteiger partial charge in [0.05, 0.1) is 26.3 Å². The van der Waals surface area contributed by atoms with Gasteiger partial charge in [0.25, 0.3) is 5.91 Å². The molecule has 1 aliphatic heterocycles. The molecule has 0 spiro atoms. The minimum Gasteiger partial charge on any atom is -0.497 e. The number of amides is 1. The van der Waals surface area contributed by atoms with Crippen molar-refractivity contribution in [2.75, 3.05) is 40.4 Å². The van der Waals surface area contributed by atoms with Crippen LogP contribution in [0.4, 0.5) is 0 Å². The summed E-state index contributed by atoms with van der Waals surface area (Å²) in [7, 11) is 3.20. The second-order valence-corrected chi connectivity index (χ2v) is 7.01. The number of piperazine rings is 1. The Morgan fingerprint density at radius 3 is 2.50 bits per heavy atom. The molecule has 8 nitrogen and oxygen atoms in total. The lowest BCUT2D eigenvalue weighted by molar-refractivity contribution is 0.0615. The van der Waals surface area contributed by atoms with E-state index in [0.717, 1.165) is 24.2 Å². The van der Waals surface area contributed by atoms with Crippen molar-refractivity contribution >= 4 is 5.91 Å². The maximum atomic E-state index is 12.6. The summed E-state index contributed by atoms with van der Waals surface area (Å²) in [4.78, 5) is 21.2. The Balaban J connectivity index is 1.37. The highest BCUT2D eigenvalue weighted by atomic mass is 16.5. The van der Waals surface area contributed by atoms with Crippen molar-refractivity contribution in [1.82, 2.24) is 19.9 Å². The lowest BCUT2D eigenvalue weighted by atomic mass is 10.2. The average Bonchev–Trinajstić information content (AvgIpc) is 3.27. The fraction of sp³-hybridized carbons (Fsp3) is 0.318. The number of hydrogen-bond donors (Lipinski definition) is 0. The minimum absolute atomic E-state index is 0.0712. The molecule has 0 atom stereocenters. The van der Waals surface area contributed by atoms with Crippen LogP contribution >= 0.6 is 0 Å². The van der Waals surface area contributed by atoms with Crippen LogP contribution < -0.4 is 9.47 Å². The molecule has 2 heterocycles. The van der Waals surface area contributed by atoms with Gasteiger partial charge < -0.3 is 18.9 Å². The minimum atomic E-state index is 0.0712. The Bertz CT molecular complexity index is 997. The number of hydrogen-bond acceptors (Lipinski definition) is 7. The molecule has 30 heavy (non-hydrogen) atoms. The Morgan fingerprint density at radius 2 is 1.80 bits per heavy atom. The monoisotopic (exact) mass is 408 g/mol. The van der Waals surface area contributed by atoms with E-state index in [1.54, 1.807) is 20.3 Å². The van der Waals surface area contributed by atoms with Crippen LogP contribution in [0, 0.1) is 0 Å². The molecule has 0 N–H and O–H groups in total. The molecule has 1 fully saturated rings. The van der Waals surface area contributed by atoms with Gasteiger partial charge in [-0.25, -0.2) is 0 Å². The summed E-state index contributed by atoms with van der Waals surface area (Å²) in [5.74, 6) is 2.40. The topological polar surface area (TPSA) is 80.9 Å². The van der Waals surface area contributed by atoms with Crippen LogP contribution in [0.25, 0.3) is 11.4 Å². The first-order chi connectivity index (χ1) is 14.7. The standard InChI is InChI=1S/C22H24N4O4/c1-28-17-8-9-18(19(14-17)29-2)21-23-20(30-24-21)15-25-10-12-26(13-11-25)22(27)16-6-4-3-5-7-16/h3-9,14H,10-13,15H2,1-2H3. The SMILES string of the molecule is COc1ccc(-c2noc(CN3CCN(C(=O)c4ccccc4)CC3)n2)c(OC)c1. The zero-order chi connectivity index (χ0) is 20.9. The highest BCUT2D eigenvalue weighted by molar-refractivity contribution is 5.94. The fourth-order valence-electron chi connectivity index (χ4n) is 3.48. The van der Waals surface area contributed by atoms with Crippen molar-refractivity contribution in [2.45, 2.75) is 6.54 Å². The van der Waals surface area contributed by atoms with Gasteiger partial charge in [0.15, 0.2) is 0 Å². The number of carbonyl (C=O) groups is 1. The second kappa shape index (κ2) is 8.96. The molecule has 4 rings (SSSR count). The second-order valence-electron chi connectivity index (χ2n) is 7.01. The van der Waals surface area contributed by atoms with Gasteiger partial charge in [-0.3, -0.25) is 9.69 Å². The van der Waals surface area contributed by atoms with Gasteiger partial charge in [0.2, 0.25) is 11.7 Å². The number of nitrogens with zero attached hydrogens (tertiary/aromatic N) is 4. The third-order valence-corrected chi connectivity index (χ3v) is 5.16. The van der Waals surface area contributed by atoms with Gasteiger partial charge in [-0.05, 0) is 24.3 Å². The van der Waals surface area contributed by atoms with Gasteiger partial charge in [-0.1, -0.05) is 23.4 Å². The number of methoxy groups -OCH3 is 2. The van der Waals surface area contributed by atoms with Gasteiger partial charge in [-0.15, -0.1) is 0 Å². The molecule has 8 heteroatoms. The molecule has 3 aromatic rings. The first-order valence-electron chi connectivity index (χ1n) is 9.79. The van der Waals surface area contributed by atoms with Crippen molar-refractivity contribution in [3.05, 3.63) is 60.0 Å². The van der Waals surface area contributed by atoms with E-state index < -0.39 is 0 Å². The zero-order valence-electron chi connectivity index (χ0n) is 17.1. The number of aromatic nitrogens is 2. The van der Waals surface area contributed by atoms with Crippen LogP contribution in [0.2, 0.25) is 0 Å². The summed E-state index contributed by atoms with van der Waals surface area (Å²) in [6.07, 6.45) is 0. The van der Waals surface area contributed by atoms with Crippen LogP contribution in [0.5, 0.6) is 11.5 Å². The molecule has 0 radical (unpaired) electrons. The van der Waals surface area contributed by atoms with E-state index in [1.165, 1.54) is 0 Å². The number of benzene rings is 2. The summed E-state index contributed by atoms with van der Waals surface area (Å²) in [6.45, 7) is 3.38. The van der Waals surface area contributed by atoms with Crippen LogP contribution in [-0.4, -0.2) is 66.2 Å². The summed E-state index contributed by atoms with van der Waals surface area (Å²) in [5, 5.41) is 4.10. The van der Waals surface area contributed by atoms with E-state index in [9.17, 15) is 4.79 Å². The number of rotatable bonds is 6. The fourth-order valence-corrected chi connectivity index (χ4v) is 3.48. The quantitative estimate of drug-likeness (QED) is 0.620. The maximum absolute atomic E-state index is 12.6. The maximum Gasteiger partial charge on any atom is 0.253 e. The summed E-state index contributed by atoms with van der Waals surface area (Å²) in [6, 6.07) is 14.8. The first kappa shape index (κ1) is 19.9. The molecule has 156 valence electrons. The molecular formula is C22H24N4O4. The van der Waals surface area contributed by atoms with Crippen LogP contribution in [0.1, 0.15) is 16.2 Å². The van der Waals surface area contributed by atoms with Crippen molar-refractivity contribution in [3.8, 4) is 22.9 Å². The van der Waals surface area contributed by atoms with E-state index >= 15 is 0 Å². The third-order valence-electron chi connectivity index (χ3n) is 5.16. The van der Waals surface area contributed by atoms with Crippen LogP contribution in [0.3, 0.4) is 0 Å². The molecule has 1 aliphatic rings. The molecule has 1 amide bonds. The summed E-state index contributed by atoms with van der Waals surface area (Å²) >= 11 is 0. The molecule has 2 aromatic carbocycles. The summed E-state index contributed by atoms with van der Waals surface area (Å²) < 4.78 is 16.1. The normalized spacial score (nSPS) is 14.5. The predicted octanol–water partition coefficient (Wildman–Crippen LogP) is 2.71. The smallest absolute Gasteiger partial charge is 0.253 e. The lowest BCUT2D eigenvalue weighted by Crippen LogP contribution is -2.48. The third kappa shape index (κ3) is 4.28. The highest BCUT2D eigenvalue weighted by Gasteiger charge is 2.23. The largest absolute Gasteiger partial charge is 0.497 e. The van der Waals surface area contributed by atoms with Crippen LogP contribution in [0.15, 0.2) is 53.1 Å². The Labute approximate surface area is 175 Å². The predicted molar refractivity (Wildman–Crippen MR) is 110 cm³/mol. The molecule has 1 aromatic heterocycles. The van der Waals surface area contributed by atoms with Crippen molar-refractivity contribution in [2.24, 2.45) is 0 Å². The Hall–Kier alpha value is -3.39. The molecular weight excluding hydrogens is 384 g/mol. The molecule has 0 unspecified atom stereocenters. The lowest BCUT2D eigenvalue weighted by Gasteiger charge is -2.34. The van der Waals surface area contributed by atoms with Gasteiger partial charge in [0, 0.05) is 37.8 Å². The molecule has 0 saturated carbocycles. The first-order valence-corrected chi connectivity index (χ1v) is 9.79. The van der Waals surface area contributed by atoms with Crippen molar-refractivity contribution < 1.29 is 18.8 Å². The molecule has 1 saturated heterocycles. The Morgan fingerprint density at radius 1 is 1.03 bits per heavy atom. The van der Waals surface area contributed by atoms with Gasteiger partial charge in [0.1, 0.15) is 11.5 Å². The van der Waals surface area contributed by atoms with Gasteiger partial charge >= 0.3 is 0 Å². The number of carbonyl (C=O) groups excluding carboxylic acids is 1.